The molecule has 1 atom stereocenters. The molecule has 0 aliphatic carbocycles. The van der Waals surface area contributed by atoms with Crippen molar-refractivity contribution in [2.45, 2.75) is 65.5 Å². The van der Waals surface area contributed by atoms with Gasteiger partial charge in [0.2, 0.25) is 0 Å². The molecule has 160 valence electrons. The Labute approximate surface area is 173 Å². The Morgan fingerprint density at radius 2 is 1.93 bits per heavy atom. The van der Waals surface area contributed by atoms with Crippen LogP contribution < -0.4 is 5.56 Å². The Balaban J connectivity index is 2.07. The minimum Gasteiger partial charge on any atom is -0.302 e. The van der Waals surface area contributed by atoms with E-state index in [0.717, 1.165) is 70.7 Å². The van der Waals surface area contributed by atoms with Crippen molar-refractivity contribution in [3.05, 3.63) is 40.2 Å². The molecule has 1 aliphatic rings. The smallest absolute Gasteiger partial charge is 0.261 e. The maximum absolute atomic E-state index is 13.8. The summed E-state index contributed by atoms with van der Waals surface area (Å²) in [4.78, 5) is 23.2. The fourth-order valence-electron chi connectivity index (χ4n) is 4.36. The quantitative estimate of drug-likeness (QED) is 0.663. The van der Waals surface area contributed by atoms with Crippen molar-refractivity contribution in [2.24, 2.45) is 0 Å². The highest BCUT2D eigenvalue weighted by Gasteiger charge is 2.27. The Morgan fingerprint density at radius 3 is 2.66 bits per heavy atom. The van der Waals surface area contributed by atoms with Crippen molar-refractivity contribution in [3.63, 3.8) is 0 Å². The summed E-state index contributed by atoms with van der Waals surface area (Å²) >= 11 is 0. The third-order valence-electron chi connectivity index (χ3n) is 6.05. The van der Waals surface area contributed by atoms with Gasteiger partial charge in [-0.15, -0.1) is 0 Å². The first-order valence-electron chi connectivity index (χ1n) is 11.2. The number of hydrogen-bond donors (Lipinski definition) is 0. The van der Waals surface area contributed by atoms with Crippen molar-refractivity contribution >= 4 is 10.9 Å². The largest absolute Gasteiger partial charge is 0.302 e. The van der Waals surface area contributed by atoms with Crippen LogP contribution in [0.2, 0.25) is 0 Å². The summed E-state index contributed by atoms with van der Waals surface area (Å²) in [6.45, 7) is 12.4. The zero-order chi connectivity index (χ0) is 20.8. The van der Waals surface area contributed by atoms with Gasteiger partial charge in [0.25, 0.3) is 5.56 Å². The van der Waals surface area contributed by atoms with E-state index in [1.54, 1.807) is 6.07 Å². The summed E-state index contributed by atoms with van der Waals surface area (Å²) in [5.74, 6) is 0.470. The topological polar surface area (TPSA) is 41.4 Å². The van der Waals surface area contributed by atoms with Crippen LogP contribution in [0.25, 0.3) is 10.9 Å². The average Bonchev–Trinajstić information content (AvgIpc) is 2.97. The van der Waals surface area contributed by atoms with Crippen molar-refractivity contribution < 1.29 is 4.39 Å². The number of aromatic nitrogens is 2. The zero-order valence-corrected chi connectivity index (χ0v) is 18.2. The van der Waals surface area contributed by atoms with Crippen LogP contribution in [0, 0.1) is 5.82 Å². The summed E-state index contributed by atoms with van der Waals surface area (Å²) in [7, 11) is 0. The molecule has 0 unspecified atom stereocenters. The molecule has 0 bridgehead atoms. The van der Waals surface area contributed by atoms with E-state index < -0.39 is 0 Å². The maximum Gasteiger partial charge on any atom is 0.261 e. The van der Waals surface area contributed by atoms with Crippen LogP contribution in [0.3, 0.4) is 0 Å². The molecule has 0 amide bonds. The summed E-state index contributed by atoms with van der Waals surface area (Å²) in [6, 6.07) is 4.49. The molecule has 0 spiro atoms. The molecule has 0 N–H and O–H groups in total. The second-order valence-corrected chi connectivity index (χ2v) is 8.07. The predicted octanol–water partition coefficient (Wildman–Crippen LogP) is 4.20. The molecule has 1 aromatic carbocycles. The van der Waals surface area contributed by atoms with E-state index in [4.69, 9.17) is 4.98 Å². The highest BCUT2D eigenvalue weighted by molar-refractivity contribution is 5.77. The van der Waals surface area contributed by atoms with Crippen molar-refractivity contribution in [2.75, 3.05) is 32.7 Å². The van der Waals surface area contributed by atoms with Crippen LogP contribution in [0.1, 0.15) is 64.7 Å². The van der Waals surface area contributed by atoms with Crippen LogP contribution in [-0.4, -0.2) is 52.1 Å². The molecular formula is C23H35FN4O. The SMILES string of the molecule is CCCCn1c([C@@H](CCC)N2CCCN(CC)CC2)nc2ccc(F)cc2c1=O. The van der Waals surface area contributed by atoms with Gasteiger partial charge in [-0.25, -0.2) is 9.37 Å². The zero-order valence-electron chi connectivity index (χ0n) is 18.2. The Kier molecular flexibility index (Phi) is 7.78. The molecule has 0 radical (unpaired) electrons. The lowest BCUT2D eigenvalue weighted by molar-refractivity contribution is 0.177. The lowest BCUT2D eigenvalue weighted by atomic mass is 10.1. The first kappa shape index (κ1) is 21.9. The van der Waals surface area contributed by atoms with Gasteiger partial charge >= 0.3 is 0 Å². The van der Waals surface area contributed by atoms with Crippen LogP contribution >= 0.6 is 0 Å². The lowest BCUT2D eigenvalue weighted by Crippen LogP contribution is -2.37. The monoisotopic (exact) mass is 402 g/mol. The number of rotatable bonds is 8. The number of unbranched alkanes of at least 4 members (excludes halogenated alkanes) is 1. The molecule has 1 aromatic heterocycles. The molecule has 3 rings (SSSR count). The third-order valence-corrected chi connectivity index (χ3v) is 6.05. The van der Waals surface area contributed by atoms with Gasteiger partial charge in [0.15, 0.2) is 0 Å². The predicted molar refractivity (Wildman–Crippen MR) is 117 cm³/mol. The molecule has 29 heavy (non-hydrogen) atoms. The van der Waals surface area contributed by atoms with E-state index in [2.05, 4.69) is 30.6 Å². The number of likely N-dealkylation sites (N-methyl/N-ethyl adjacent to an activating group) is 1. The Morgan fingerprint density at radius 1 is 1.10 bits per heavy atom. The molecule has 0 saturated carbocycles. The normalized spacial score (nSPS) is 17.5. The first-order valence-corrected chi connectivity index (χ1v) is 11.2. The number of nitrogens with zero attached hydrogens (tertiary/aromatic N) is 4. The number of halogens is 1. The average molecular weight is 403 g/mol. The summed E-state index contributed by atoms with van der Waals surface area (Å²) < 4.78 is 15.6. The molecule has 1 fully saturated rings. The standard InChI is InChI=1S/C23H35FN4O/c1-4-7-14-28-22(25-20-11-10-18(24)17-19(20)23(28)29)21(9-5-2)27-13-8-12-26(6-3)15-16-27/h10-11,17,21H,4-9,12-16H2,1-3H3/t21-/m1/s1. The number of benzene rings is 1. The highest BCUT2D eigenvalue weighted by Crippen LogP contribution is 2.27. The molecule has 5 nitrogen and oxygen atoms in total. The second-order valence-electron chi connectivity index (χ2n) is 8.07. The van der Waals surface area contributed by atoms with Gasteiger partial charge in [0, 0.05) is 26.2 Å². The Hall–Kier alpha value is -1.79. The van der Waals surface area contributed by atoms with Crippen LogP contribution in [-0.2, 0) is 6.54 Å². The molecule has 1 saturated heterocycles. The molecule has 6 heteroatoms. The van der Waals surface area contributed by atoms with Gasteiger partial charge in [0.05, 0.1) is 16.9 Å². The van der Waals surface area contributed by atoms with E-state index in [1.807, 2.05) is 4.57 Å². The summed E-state index contributed by atoms with van der Waals surface area (Å²) in [6.07, 6.45) is 5.05. The van der Waals surface area contributed by atoms with Crippen LogP contribution in [0.15, 0.2) is 23.0 Å². The molecule has 1 aliphatic heterocycles. The minimum absolute atomic E-state index is 0.107. The molecule has 2 heterocycles. The lowest BCUT2D eigenvalue weighted by Gasteiger charge is -2.32. The van der Waals surface area contributed by atoms with E-state index in [-0.39, 0.29) is 17.4 Å². The molecular weight excluding hydrogens is 367 g/mol. The van der Waals surface area contributed by atoms with Gasteiger partial charge < -0.3 is 4.90 Å². The maximum atomic E-state index is 13.8. The van der Waals surface area contributed by atoms with Crippen LogP contribution in [0.4, 0.5) is 4.39 Å². The van der Waals surface area contributed by atoms with Crippen molar-refractivity contribution in [1.29, 1.82) is 0 Å². The van der Waals surface area contributed by atoms with Gasteiger partial charge in [0.1, 0.15) is 11.6 Å². The van der Waals surface area contributed by atoms with Gasteiger partial charge in [-0.3, -0.25) is 14.3 Å². The van der Waals surface area contributed by atoms with Crippen molar-refractivity contribution in [1.82, 2.24) is 19.4 Å². The van der Waals surface area contributed by atoms with E-state index in [0.29, 0.717) is 17.4 Å². The highest BCUT2D eigenvalue weighted by atomic mass is 19.1. The first-order chi connectivity index (χ1) is 14.1. The van der Waals surface area contributed by atoms with Crippen LogP contribution in [0.5, 0.6) is 0 Å². The van der Waals surface area contributed by atoms with Gasteiger partial charge in [-0.1, -0.05) is 33.6 Å². The second kappa shape index (κ2) is 10.3. The third kappa shape index (κ3) is 5.04. The minimum atomic E-state index is -0.386. The van der Waals surface area contributed by atoms with Gasteiger partial charge in [-0.05, 0) is 50.6 Å². The number of fused-ring (bicyclic) bond motifs is 1. The van der Waals surface area contributed by atoms with Gasteiger partial charge in [-0.2, -0.15) is 0 Å². The fraction of sp³-hybridized carbons (Fsp3) is 0.652. The fourth-order valence-corrected chi connectivity index (χ4v) is 4.36. The Bertz CT molecular complexity index is 866. The summed E-state index contributed by atoms with van der Waals surface area (Å²) in [5.41, 5.74) is 0.495. The summed E-state index contributed by atoms with van der Waals surface area (Å²) in [5, 5.41) is 0.383. The molecule has 2 aromatic rings. The van der Waals surface area contributed by atoms with E-state index in [9.17, 15) is 9.18 Å². The number of hydrogen-bond acceptors (Lipinski definition) is 4. The van der Waals surface area contributed by atoms with E-state index in [1.165, 1.54) is 12.1 Å². The van der Waals surface area contributed by atoms with Crippen molar-refractivity contribution in [3.8, 4) is 0 Å². The van der Waals surface area contributed by atoms with E-state index >= 15 is 0 Å².